The number of nitrogens with one attached hydrogen (secondary N) is 2. The Balaban J connectivity index is 1.62. The van der Waals surface area contributed by atoms with Crippen LogP contribution in [-0.4, -0.2) is 36.4 Å². The predicted molar refractivity (Wildman–Crippen MR) is 118 cm³/mol. The Morgan fingerprint density at radius 3 is 2.46 bits per heavy atom. The Hall–Kier alpha value is -2.31. The molecule has 0 aromatic heterocycles. The summed E-state index contributed by atoms with van der Waals surface area (Å²) in [6.45, 7) is 1.25. The number of hydrogen-bond donors (Lipinski definition) is 3. The van der Waals surface area contributed by atoms with Gasteiger partial charge in [-0.25, -0.2) is 0 Å². The van der Waals surface area contributed by atoms with Crippen molar-refractivity contribution in [3.05, 3.63) is 54.6 Å². The molecule has 0 spiro atoms. The van der Waals surface area contributed by atoms with Gasteiger partial charge in [-0.15, -0.1) is 0 Å². The zero-order valence-electron chi connectivity index (χ0n) is 16.2. The van der Waals surface area contributed by atoms with Crippen LogP contribution < -0.4 is 16.4 Å². The molecule has 0 aliphatic rings. The molecule has 0 heterocycles. The molecule has 2 rings (SSSR count). The number of carbonyl (C=O) groups excluding carboxylic acids is 2. The van der Waals surface area contributed by atoms with Crippen LogP contribution in [0.25, 0.3) is 11.1 Å². The first kappa shape index (κ1) is 22.0. The average molecular weight is 400 g/mol. The summed E-state index contributed by atoms with van der Waals surface area (Å²) in [5, 5.41) is 5.86. The quantitative estimate of drug-likeness (QED) is 0.476. The second-order valence-electron chi connectivity index (χ2n) is 6.50. The van der Waals surface area contributed by atoms with Crippen molar-refractivity contribution >= 4 is 29.3 Å². The molecule has 150 valence electrons. The topological polar surface area (TPSA) is 84.2 Å². The lowest BCUT2D eigenvalue weighted by Gasteiger charge is -2.08. The number of anilines is 1. The summed E-state index contributed by atoms with van der Waals surface area (Å²) in [6.07, 6.45) is 3.08. The van der Waals surface area contributed by atoms with Crippen molar-refractivity contribution in [1.29, 1.82) is 0 Å². The van der Waals surface area contributed by atoms with Gasteiger partial charge >= 0.3 is 0 Å². The van der Waals surface area contributed by atoms with Crippen LogP contribution in [0.15, 0.2) is 54.6 Å². The molecule has 5 nitrogen and oxygen atoms in total. The Labute approximate surface area is 171 Å². The molecule has 0 saturated carbocycles. The predicted octanol–water partition coefficient (Wildman–Crippen LogP) is 3.66. The van der Waals surface area contributed by atoms with Crippen LogP contribution in [0.3, 0.4) is 0 Å². The van der Waals surface area contributed by atoms with Crippen molar-refractivity contribution < 1.29 is 9.59 Å². The van der Waals surface area contributed by atoms with Crippen molar-refractivity contribution in [2.45, 2.75) is 25.7 Å². The second-order valence-corrected chi connectivity index (χ2v) is 7.60. The molecule has 0 aliphatic heterocycles. The van der Waals surface area contributed by atoms with E-state index in [0.717, 1.165) is 41.8 Å². The van der Waals surface area contributed by atoms with Crippen LogP contribution in [0.2, 0.25) is 0 Å². The lowest BCUT2D eigenvalue weighted by molar-refractivity contribution is -0.118. The number of carbonyl (C=O) groups is 2. The molecule has 2 amide bonds. The third-order valence-corrected chi connectivity index (χ3v) is 5.14. The first-order valence-electron chi connectivity index (χ1n) is 9.69. The largest absolute Gasteiger partial charge is 0.355 e. The Kier molecular flexibility index (Phi) is 10.2. The van der Waals surface area contributed by atoms with E-state index in [-0.39, 0.29) is 11.8 Å². The minimum Gasteiger partial charge on any atom is -0.355 e. The van der Waals surface area contributed by atoms with Crippen LogP contribution in [0.4, 0.5) is 5.69 Å². The Morgan fingerprint density at radius 2 is 1.68 bits per heavy atom. The molecule has 0 radical (unpaired) electrons. The minimum absolute atomic E-state index is 0.0208. The van der Waals surface area contributed by atoms with E-state index in [1.807, 2.05) is 42.5 Å². The highest BCUT2D eigenvalue weighted by molar-refractivity contribution is 7.99. The van der Waals surface area contributed by atoms with Crippen molar-refractivity contribution in [2.24, 2.45) is 5.73 Å². The highest BCUT2D eigenvalue weighted by Crippen LogP contribution is 2.22. The lowest BCUT2D eigenvalue weighted by Crippen LogP contribution is -2.26. The first-order valence-corrected chi connectivity index (χ1v) is 10.8. The zero-order valence-corrected chi connectivity index (χ0v) is 17.0. The number of benzene rings is 2. The van der Waals surface area contributed by atoms with E-state index < -0.39 is 0 Å². The van der Waals surface area contributed by atoms with E-state index in [1.54, 1.807) is 11.8 Å². The van der Waals surface area contributed by atoms with E-state index in [4.69, 9.17) is 5.73 Å². The lowest BCUT2D eigenvalue weighted by atomic mass is 10.1. The Morgan fingerprint density at radius 1 is 0.893 bits per heavy atom. The van der Waals surface area contributed by atoms with Crippen molar-refractivity contribution in [1.82, 2.24) is 5.32 Å². The molecule has 28 heavy (non-hydrogen) atoms. The summed E-state index contributed by atoms with van der Waals surface area (Å²) in [7, 11) is 0. The summed E-state index contributed by atoms with van der Waals surface area (Å²) in [4.78, 5) is 23.7. The summed E-state index contributed by atoms with van der Waals surface area (Å²) in [5.74, 6) is 1.33. The van der Waals surface area contributed by atoms with E-state index >= 15 is 0 Å². The third kappa shape index (κ3) is 8.59. The summed E-state index contributed by atoms with van der Waals surface area (Å²) >= 11 is 1.54. The van der Waals surface area contributed by atoms with Crippen molar-refractivity contribution in [2.75, 3.05) is 29.9 Å². The van der Waals surface area contributed by atoms with Gasteiger partial charge in [-0.2, -0.15) is 11.8 Å². The molecular weight excluding hydrogens is 370 g/mol. The van der Waals surface area contributed by atoms with E-state index in [2.05, 4.69) is 22.8 Å². The SMILES string of the molecule is NCCSCC(=O)NCCCCCC(=O)Nc1cccc(-c2ccccc2)c1. The molecule has 4 N–H and O–H groups in total. The average Bonchev–Trinajstić information content (AvgIpc) is 2.71. The number of nitrogens with two attached hydrogens (primary N) is 1. The summed E-state index contributed by atoms with van der Waals surface area (Å²) in [6, 6.07) is 18.0. The van der Waals surface area contributed by atoms with Crippen molar-refractivity contribution in [3.63, 3.8) is 0 Å². The summed E-state index contributed by atoms with van der Waals surface area (Å²) < 4.78 is 0. The maximum absolute atomic E-state index is 12.2. The molecule has 2 aromatic carbocycles. The second kappa shape index (κ2) is 13.0. The summed E-state index contributed by atoms with van der Waals surface area (Å²) in [5.41, 5.74) is 8.41. The van der Waals surface area contributed by atoms with Crippen LogP contribution in [0.5, 0.6) is 0 Å². The molecule has 0 aliphatic carbocycles. The molecule has 0 saturated heterocycles. The minimum atomic E-state index is 0.0208. The van der Waals surface area contributed by atoms with Crippen LogP contribution >= 0.6 is 11.8 Å². The van der Waals surface area contributed by atoms with Gasteiger partial charge < -0.3 is 16.4 Å². The first-order chi connectivity index (χ1) is 13.7. The normalized spacial score (nSPS) is 10.5. The van der Waals surface area contributed by atoms with Gasteiger partial charge in [-0.3, -0.25) is 9.59 Å². The van der Waals surface area contributed by atoms with Gasteiger partial charge in [0.15, 0.2) is 0 Å². The molecular formula is C22H29N3O2S. The Bertz CT molecular complexity index is 738. The van der Waals surface area contributed by atoms with Crippen LogP contribution in [-0.2, 0) is 9.59 Å². The number of amides is 2. The molecule has 2 aromatic rings. The molecule has 0 unspecified atom stereocenters. The van der Waals surface area contributed by atoms with E-state index in [1.165, 1.54) is 0 Å². The fourth-order valence-electron chi connectivity index (χ4n) is 2.74. The van der Waals surface area contributed by atoms with Gasteiger partial charge in [0, 0.05) is 31.0 Å². The molecule has 6 heteroatoms. The van der Waals surface area contributed by atoms with Gasteiger partial charge in [0.1, 0.15) is 0 Å². The standard InChI is InChI=1S/C22H29N3O2S/c23-13-15-28-17-22(27)24-14-6-2-5-12-21(26)25-20-11-7-10-19(16-20)18-8-3-1-4-9-18/h1,3-4,7-11,16H,2,5-6,12-15,17,23H2,(H,24,27)(H,25,26). The number of hydrogen-bond acceptors (Lipinski definition) is 4. The van der Waals surface area contributed by atoms with Gasteiger partial charge in [0.2, 0.25) is 11.8 Å². The van der Waals surface area contributed by atoms with Gasteiger partial charge in [0.05, 0.1) is 5.75 Å². The fourth-order valence-corrected chi connectivity index (χ4v) is 3.34. The van der Waals surface area contributed by atoms with Crippen LogP contribution in [0, 0.1) is 0 Å². The maximum atomic E-state index is 12.2. The fraction of sp³-hybridized carbons (Fsp3) is 0.364. The number of unbranched alkanes of at least 4 members (excludes halogenated alkanes) is 2. The number of thioether (sulfide) groups is 1. The zero-order chi connectivity index (χ0) is 20.0. The van der Waals surface area contributed by atoms with Gasteiger partial charge in [0.25, 0.3) is 0 Å². The molecule has 0 fully saturated rings. The van der Waals surface area contributed by atoms with Gasteiger partial charge in [-0.1, -0.05) is 48.9 Å². The van der Waals surface area contributed by atoms with Gasteiger partial charge in [-0.05, 0) is 36.1 Å². The van der Waals surface area contributed by atoms with Crippen LogP contribution in [0.1, 0.15) is 25.7 Å². The molecule has 0 atom stereocenters. The maximum Gasteiger partial charge on any atom is 0.229 e. The van der Waals surface area contributed by atoms with E-state index in [0.29, 0.717) is 25.3 Å². The van der Waals surface area contributed by atoms with E-state index in [9.17, 15) is 9.59 Å². The third-order valence-electron chi connectivity index (χ3n) is 4.15. The smallest absolute Gasteiger partial charge is 0.229 e. The highest BCUT2D eigenvalue weighted by atomic mass is 32.2. The highest BCUT2D eigenvalue weighted by Gasteiger charge is 2.05. The van der Waals surface area contributed by atoms with Crippen molar-refractivity contribution in [3.8, 4) is 11.1 Å². The monoisotopic (exact) mass is 399 g/mol. The number of rotatable bonds is 12. The molecule has 0 bridgehead atoms.